The highest BCUT2D eigenvalue weighted by Crippen LogP contribution is 2.25. The standard InChI is InChI=1S/C16H14ClFN4O2S/c1-10-8-11(2)22(20-10)16-15(4-3-7-19-16)21-25(23,24)12-5-6-14(18)13(17)9-12/h3-9,21H,1-2H3. The van der Waals surface area contributed by atoms with Crippen LogP contribution in [0.5, 0.6) is 0 Å². The van der Waals surface area contributed by atoms with Crippen LogP contribution >= 0.6 is 11.6 Å². The van der Waals surface area contributed by atoms with Gasteiger partial charge in [-0.3, -0.25) is 4.72 Å². The molecule has 0 radical (unpaired) electrons. The molecular formula is C16H14ClFN4O2S. The molecule has 1 aromatic carbocycles. The van der Waals surface area contributed by atoms with Gasteiger partial charge in [0.05, 0.1) is 21.3 Å². The third-order valence-corrected chi connectivity index (χ3v) is 5.10. The van der Waals surface area contributed by atoms with Crippen molar-refractivity contribution in [2.45, 2.75) is 18.7 Å². The third-order valence-electron chi connectivity index (χ3n) is 3.44. The summed E-state index contributed by atoms with van der Waals surface area (Å²) in [4.78, 5) is 4.07. The molecule has 0 aliphatic heterocycles. The van der Waals surface area contributed by atoms with Gasteiger partial charge in [-0.1, -0.05) is 11.6 Å². The molecule has 0 aliphatic rings. The molecule has 0 amide bonds. The Hall–Kier alpha value is -2.45. The van der Waals surface area contributed by atoms with Crippen LogP contribution in [0.3, 0.4) is 0 Å². The van der Waals surface area contributed by atoms with Crippen molar-refractivity contribution < 1.29 is 12.8 Å². The zero-order valence-electron chi connectivity index (χ0n) is 13.4. The van der Waals surface area contributed by atoms with Crippen LogP contribution in [0.25, 0.3) is 5.82 Å². The maximum absolute atomic E-state index is 13.3. The van der Waals surface area contributed by atoms with Crippen LogP contribution < -0.4 is 4.72 Å². The second-order valence-corrected chi connectivity index (χ2v) is 7.48. The fraction of sp³-hybridized carbons (Fsp3) is 0.125. The van der Waals surface area contributed by atoms with Gasteiger partial charge < -0.3 is 0 Å². The van der Waals surface area contributed by atoms with E-state index in [-0.39, 0.29) is 15.6 Å². The molecule has 25 heavy (non-hydrogen) atoms. The number of nitrogens with one attached hydrogen (secondary N) is 1. The van der Waals surface area contributed by atoms with E-state index in [2.05, 4.69) is 14.8 Å². The lowest BCUT2D eigenvalue weighted by Crippen LogP contribution is -2.16. The average Bonchev–Trinajstić information content (AvgIpc) is 2.88. The molecule has 6 nitrogen and oxygen atoms in total. The molecule has 9 heteroatoms. The van der Waals surface area contributed by atoms with Gasteiger partial charge in [-0.15, -0.1) is 0 Å². The molecule has 0 unspecified atom stereocenters. The average molecular weight is 381 g/mol. The molecule has 130 valence electrons. The first-order valence-electron chi connectivity index (χ1n) is 7.24. The van der Waals surface area contributed by atoms with Gasteiger partial charge in [-0.2, -0.15) is 5.10 Å². The predicted molar refractivity (Wildman–Crippen MR) is 93.1 cm³/mol. The Morgan fingerprint density at radius 3 is 2.60 bits per heavy atom. The third kappa shape index (κ3) is 3.49. The molecule has 0 aliphatic carbocycles. The number of halogens is 2. The smallest absolute Gasteiger partial charge is 0.262 e. The van der Waals surface area contributed by atoms with Crippen molar-refractivity contribution in [1.82, 2.24) is 14.8 Å². The molecule has 0 fully saturated rings. The van der Waals surface area contributed by atoms with Crippen LogP contribution in [-0.2, 0) is 10.0 Å². The summed E-state index contributed by atoms with van der Waals surface area (Å²) < 4.78 is 42.5. The van der Waals surface area contributed by atoms with Gasteiger partial charge in [0, 0.05) is 11.9 Å². The van der Waals surface area contributed by atoms with E-state index in [0.717, 1.165) is 29.6 Å². The summed E-state index contributed by atoms with van der Waals surface area (Å²) in [6, 6.07) is 8.22. The van der Waals surface area contributed by atoms with Gasteiger partial charge >= 0.3 is 0 Å². The SMILES string of the molecule is Cc1cc(C)n(-c2ncccc2NS(=O)(=O)c2ccc(F)c(Cl)c2)n1. The second-order valence-electron chi connectivity index (χ2n) is 5.39. The van der Waals surface area contributed by atoms with Gasteiger partial charge in [0.2, 0.25) is 0 Å². The number of aromatic nitrogens is 3. The predicted octanol–water partition coefficient (Wildman–Crippen LogP) is 3.48. The lowest BCUT2D eigenvalue weighted by molar-refractivity contribution is 0.599. The minimum absolute atomic E-state index is 0.151. The van der Waals surface area contributed by atoms with Crippen molar-refractivity contribution in [2.75, 3.05) is 4.72 Å². The number of hydrogen-bond donors (Lipinski definition) is 1. The molecule has 2 aromatic heterocycles. The zero-order chi connectivity index (χ0) is 18.2. The van der Waals surface area contributed by atoms with Crippen molar-refractivity contribution in [2.24, 2.45) is 0 Å². The molecular weight excluding hydrogens is 367 g/mol. The van der Waals surface area contributed by atoms with Crippen LogP contribution in [-0.4, -0.2) is 23.2 Å². The highest BCUT2D eigenvalue weighted by molar-refractivity contribution is 7.92. The fourth-order valence-corrected chi connectivity index (χ4v) is 3.67. The number of aryl methyl sites for hydroxylation is 2. The van der Waals surface area contributed by atoms with E-state index in [4.69, 9.17) is 11.6 Å². The monoisotopic (exact) mass is 380 g/mol. The maximum atomic E-state index is 13.3. The van der Waals surface area contributed by atoms with E-state index >= 15 is 0 Å². The number of hydrogen-bond acceptors (Lipinski definition) is 4. The van der Waals surface area contributed by atoms with E-state index in [1.807, 2.05) is 19.9 Å². The Bertz CT molecular complexity index is 1050. The minimum atomic E-state index is -3.97. The van der Waals surface area contributed by atoms with E-state index < -0.39 is 15.8 Å². The van der Waals surface area contributed by atoms with Gasteiger partial charge in [0.15, 0.2) is 5.82 Å². The van der Waals surface area contributed by atoms with Gasteiger partial charge in [0.1, 0.15) is 5.82 Å². The summed E-state index contributed by atoms with van der Waals surface area (Å²) >= 11 is 5.68. The van der Waals surface area contributed by atoms with Crippen molar-refractivity contribution in [3.05, 3.63) is 64.8 Å². The topological polar surface area (TPSA) is 76.9 Å². The Morgan fingerprint density at radius 2 is 1.96 bits per heavy atom. The highest BCUT2D eigenvalue weighted by Gasteiger charge is 2.19. The van der Waals surface area contributed by atoms with Gasteiger partial charge in [-0.25, -0.2) is 22.5 Å². The lowest BCUT2D eigenvalue weighted by atomic mass is 10.3. The Balaban J connectivity index is 2.03. The van der Waals surface area contributed by atoms with Crippen molar-refractivity contribution >= 4 is 27.3 Å². The largest absolute Gasteiger partial charge is 0.276 e. The normalized spacial score (nSPS) is 11.5. The number of pyridine rings is 1. The summed E-state index contributed by atoms with van der Waals surface area (Å²) in [5.41, 5.74) is 1.83. The van der Waals surface area contributed by atoms with Crippen molar-refractivity contribution in [3.8, 4) is 5.82 Å². The van der Waals surface area contributed by atoms with Crippen molar-refractivity contribution in [3.63, 3.8) is 0 Å². The zero-order valence-corrected chi connectivity index (χ0v) is 14.9. The summed E-state index contributed by atoms with van der Waals surface area (Å²) in [5, 5.41) is 4.05. The van der Waals surface area contributed by atoms with Gasteiger partial charge in [0.25, 0.3) is 10.0 Å². The minimum Gasteiger partial charge on any atom is -0.276 e. The van der Waals surface area contributed by atoms with Gasteiger partial charge in [-0.05, 0) is 50.2 Å². The van der Waals surface area contributed by atoms with Crippen LogP contribution in [0.2, 0.25) is 5.02 Å². The molecule has 0 atom stereocenters. The van der Waals surface area contributed by atoms with Crippen LogP contribution in [0.4, 0.5) is 10.1 Å². The molecule has 0 saturated carbocycles. The van der Waals surface area contributed by atoms with E-state index in [1.54, 1.807) is 23.0 Å². The molecule has 3 rings (SSSR count). The highest BCUT2D eigenvalue weighted by atomic mass is 35.5. The fourth-order valence-electron chi connectivity index (χ4n) is 2.34. The molecule has 0 bridgehead atoms. The number of benzene rings is 1. The first-order chi connectivity index (χ1) is 11.8. The Labute approximate surface area is 149 Å². The number of rotatable bonds is 4. The summed E-state index contributed by atoms with van der Waals surface area (Å²) in [5.74, 6) is -0.352. The van der Waals surface area contributed by atoms with E-state index in [0.29, 0.717) is 5.82 Å². The lowest BCUT2D eigenvalue weighted by Gasteiger charge is -2.13. The molecule has 0 saturated heterocycles. The summed E-state index contributed by atoms with van der Waals surface area (Å²) in [7, 11) is -3.97. The number of anilines is 1. The van der Waals surface area contributed by atoms with Crippen LogP contribution in [0, 0.1) is 19.7 Å². The molecule has 3 aromatic rings. The van der Waals surface area contributed by atoms with E-state index in [1.165, 1.54) is 0 Å². The second kappa shape index (κ2) is 6.45. The maximum Gasteiger partial charge on any atom is 0.262 e. The van der Waals surface area contributed by atoms with Crippen LogP contribution in [0.15, 0.2) is 47.5 Å². The van der Waals surface area contributed by atoms with Crippen LogP contribution in [0.1, 0.15) is 11.4 Å². The molecule has 1 N–H and O–H groups in total. The first-order valence-corrected chi connectivity index (χ1v) is 9.10. The number of sulfonamides is 1. The Morgan fingerprint density at radius 1 is 1.20 bits per heavy atom. The van der Waals surface area contributed by atoms with Crippen molar-refractivity contribution in [1.29, 1.82) is 0 Å². The number of nitrogens with zero attached hydrogens (tertiary/aromatic N) is 3. The molecule has 0 spiro atoms. The summed E-state index contributed by atoms with van der Waals surface area (Å²) in [6.07, 6.45) is 1.54. The first kappa shape index (κ1) is 17.4. The van der Waals surface area contributed by atoms with E-state index in [9.17, 15) is 12.8 Å². The molecule has 2 heterocycles. The Kier molecular flexibility index (Phi) is 4.49. The quantitative estimate of drug-likeness (QED) is 0.751. The summed E-state index contributed by atoms with van der Waals surface area (Å²) in [6.45, 7) is 3.67.